The fraction of sp³-hybridized carbons (Fsp3) is 0.400. The average Bonchev–Trinajstić information content (AvgIpc) is 3.07. The molecule has 1 aliphatic heterocycles. The Morgan fingerprint density at radius 2 is 2.11 bits per heavy atom. The number of thiazole rings is 1. The van der Waals surface area contributed by atoms with E-state index in [1.165, 1.54) is 17.7 Å². The molecule has 140 valence electrons. The minimum Gasteiger partial charge on any atom is -0.316 e. The summed E-state index contributed by atoms with van der Waals surface area (Å²) in [5, 5.41) is 4.20. The van der Waals surface area contributed by atoms with Crippen molar-refractivity contribution in [2.45, 2.75) is 45.7 Å². The molecule has 0 bridgehead atoms. The zero-order valence-corrected chi connectivity index (χ0v) is 16.5. The molecule has 0 amide bonds. The smallest absolute Gasteiger partial charge is 0.188 e. The van der Waals surface area contributed by atoms with Gasteiger partial charge in [0.2, 0.25) is 0 Å². The number of piperidine rings is 1. The van der Waals surface area contributed by atoms with Gasteiger partial charge in [-0.3, -0.25) is 9.88 Å². The highest BCUT2D eigenvalue weighted by molar-refractivity contribution is 7.15. The summed E-state index contributed by atoms with van der Waals surface area (Å²) >= 11 is 1.63. The Hall–Kier alpha value is -2.38. The summed E-state index contributed by atoms with van der Waals surface area (Å²) in [5.74, 6) is 1.71. The lowest BCUT2D eigenvalue weighted by molar-refractivity contribution is 0.132. The van der Waals surface area contributed by atoms with Crippen molar-refractivity contribution in [2.75, 3.05) is 11.9 Å². The maximum atomic E-state index is 4.84. The highest BCUT2D eigenvalue weighted by Crippen LogP contribution is 2.31. The largest absolute Gasteiger partial charge is 0.316 e. The van der Waals surface area contributed by atoms with Gasteiger partial charge in [0.1, 0.15) is 11.6 Å². The molecule has 0 radical (unpaired) electrons. The summed E-state index contributed by atoms with van der Waals surface area (Å²) in [6, 6.07) is 8.29. The summed E-state index contributed by atoms with van der Waals surface area (Å²) in [6.07, 6.45) is 7.22. The highest BCUT2D eigenvalue weighted by atomic mass is 32.1. The molecule has 1 atom stereocenters. The number of hydrogen-bond donors (Lipinski definition) is 1. The van der Waals surface area contributed by atoms with E-state index in [0.29, 0.717) is 0 Å². The molecule has 0 spiro atoms. The lowest BCUT2D eigenvalue weighted by Crippen LogP contribution is -2.34. The summed E-state index contributed by atoms with van der Waals surface area (Å²) in [6.45, 7) is 5.95. The van der Waals surface area contributed by atoms with E-state index >= 15 is 0 Å². The van der Waals surface area contributed by atoms with Gasteiger partial charge in [0.25, 0.3) is 0 Å². The molecule has 1 aliphatic rings. The maximum Gasteiger partial charge on any atom is 0.188 e. The van der Waals surface area contributed by atoms with E-state index in [1.54, 1.807) is 11.3 Å². The number of nitrogens with one attached hydrogen (secondary N) is 1. The molecule has 3 aromatic rings. The molecule has 0 aromatic carbocycles. The van der Waals surface area contributed by atoms with Crippen LogP contribution in [-0.2, 0) is 6.54 Å². The average molecular weight is 381 g/mol. The molecule has 3 aromatic heterocycles. The first-order chi connectivity index (χ1) is 13.2. The Bertz CT molecular complexity index is 894. The van der Waals surface area contributed by atoms with Crippen LogP contribution in [0.3, 0.4) is 0 Å². The van der Waals surface area contributed by atoms with Crippen molar-refractivity contribution in [3.63, 3.8) is 0 Å². The molecule has 27 heavy (non-hydrogen) atoms. The van der Waals surface area contributed by atoms with E-state index in [-0.39, 0.29) is 6.04 Å². The quantitative estimate of drug-likeness (QED) is 0.707. The fourth-order valence-electron chi connectivity index (χ4n) is 3.50. The molecule has 1 saturated heterocycles. The summed E-state index contributed by atoms with van der Waals surface area (Å²) in [5.41, 5.74) is 2.06. The Balaban J connectivity index is 1.58. The van der Waals surface area contributed by atoms with Crippen LogP contribution in [0.4, 0.5) is 10.9 Å². The van der Waals surface area contributed by atoms with Crippen molar-refractivity contribution in [2.24, 2.45) is 0 Å². The molecule has 1 N–H and O–H groups in total. The van der Waals surface area contributed by atoms with Crippen molar-refractivity contribution in [3.8, 4) is 0 Å². The van der Waals surface area contributed by atoms with Gasteiger partial charge in [-0.15, -0.1) is 11.3 Å². The van der Waals surface area contributed by atoms with Crippen LogP contribution >= 0.6 is 11.3 Å². The van der Waals surface area contributed by atoms with E-state index < -0.39 is 0 Å². The first-order valence-electron chi connectivity index (χ1n) is 9.36. The molecule has 1 fully saturated rings. The molecular weight excluding hydrogens is 356 g/mol. The summed E-state index contributed by atoms with van der Waals surface area (Å²) < 4.78 is 0. The number of likely N-dealkylation sites (tertiary alicyclic amines) is 1. The summed E-state index contributed by atoms with van der Waals surface area (Å²) in [4.78, 5) is 22.1. The number of aryl methyl sites for hydroxylation is 2. The van der Waals surface area contributed by atoms with Crippen molar-refractivity contribution in [1.29, 1.82) is 0 Å². The number of hydrogen-bond acceptors (Lipinski definition) is 7. The van der Waals surface area contributed by atoms with Gasteiger partial charge in [-0.25, -0.2) is 15.0 Å². The first-order valence-corrected chi connectivity index (χ1v) is 10.2. The fourth-order valence-corrected chi connectivity index (χ4v) is 4.17. The summed E-state index contributed by atoms with van der Waals surface area (Å²) in [7, 11) is 0. The zero-order chi connectivity index (χ0) is 18.6. The van der Waals surface area contributed by atoms with Gasteiger partial charge in [0.05, 0.1) is 11.7 Å². The molecule has 0 saturated carbocycles. The van der Waals surface area contributed by atoms with Crippen molar-refractivity contribution in [1.82, 2.24) is 24.8 Å². The van der Waals surface area contributed by atoms with Gasteiger partial charge in [0.15, 0.2) is 5.13 Å². The molecular formula is C20H24N6S. The lowest BCUT2D eigenvalue weighted by Gasteiger charge is -2.34. The predicted molar refractivity (Wildman–Crippen MR) is 108 cm³/mol. The van der Waals surface area contributed by atoms with E-state index in [4.69, 9.17) is 9.97 Å². The van der Waals surface area contributed by atoms with E-state index in [1.807, 2.05) is 37.5 Å². The third-order valence-electron chi connectivity index (χ3n) is 4.73. The van der Waals surface area contributed by atoms with Crippen molar-refractivity contribution < 1.29 is 0 Å². The zero-order valence-electron chi connectivity index (χ0n) is 15.7. The Morgan fingerprint density at radius 3 is 2.89 bits per heavy atom. The number of anilines is 2. The van der Waals surface area contributed by atoms with Crippen LogP contribution in [0, 0.1) is 13.8 Å². The molecule has 4 heterocycles. The Kier molecular flexibility index (Phi) is 5.40. The monoisotopic (exact) mass is 380 g/mol. The van der Waals surface area contributed by atoms with Crippen molar-refractivity contribution >= 4 is 22.3 Å². The Labute approximate surface area is 163 Å². The van der Waals surface area contributed by atoms with Gasteiger partial charge in [0, 0.05) is 35.6 Å². The topological polar surface area (TPSA) is 66.8 Å². The highest BCUT2D eigenvalue weighted by Gasteiger charge is 2.27. The van der Waals surface area contributed by atoms with Gasteiger partial charge >= 0.3 is 0 Å². The minimum atomic E-state index is 0.222. The second-order valence-corrected chi connectivity index (χ2v) is 8.19. The van der Waals surface area contributed by atoms with Gasteiger partial charge in [-0.1, -0.05) is 12.5 Å². The second kappa shape index (κ2) is 8.10. The van der Waals surface area contributed by atoms with Gasteiger partial charge in [-0.05, 0) is 45.4 Å². The van der Waals surface area contributed by atoms with E-state index in [0.717, 1.165) is 47.7 Å². The molecule has 1 unspecified atom stereocenters. The molecule has 6 nitrogen and oxygen atoms in total. The number of aromatic nitrogens is 4. The SMILES string of the molecule is Cc1cc(Nc2ncc(C)s2)nc(C2CCCCN2Cc2ccccn2)n1. The van der Waals surface area contributed by atoms with Crippen LogP contribution in [0.25, 0.3) is 0 Å². The predicted octanol–water partition coefficient (Wildman–Crippen LogP) is 4.42. The number of rotatable bonds is 5. The lowest BCUT2D eigenvalue weighted by atomic mass is 10.0. The standard InChI is InChI=1S/C20H24N6S/c1-14-11-18(25-20-22-12-15(2)27-20)24-19(23-14)17-8-4-6-10-26(17)13-16-7-3-5-9-21-16/h3,5,7,9,11-12,17H,4,6,8,10,13H2,1-2H3,(H,22,23,24,25). The van der Waals surface area contributed by atoms with Crippen LogP contribution in [0.1, 0.15) is 47.4 Å². The molecule has 4 rings (SSSR count). The second-order valence-electron chi connectivity index (χ2n) is 6.96. The van der Waals surface area contributed by atoms with Gasteiger partial charge in [-0.2, -0.15) is 0 Å². The third kappa shape index (κ3) is 4.48. The van der Waals surface area contributed by atoms with Crippen molar-refractivity contribution in [3.05, 3.63) is 58.7 Å². The number of pyridine rings is 1. The van der Waals surface area contributed by atoms with Gasteiger partial charge < -0.3 is 5.32 Å². The van der Waals surface area contributed by atoms with Crippen LogP contribution < -0.4 is 5.32 Å². The minimum absolute atomic E-state index is 0.222. The van der Waals surface area contributed by atoms with E-state index in [2.05, 4.69) is 33.2 Å². The van der Waals surface area contributed by atoms with Crippen LogP contribution in [0.15, 0.2) is 36.7 Å². The molecule has 7 heteroatoms. The molecule has 0 aliphatic carbocycles. The first kappa shape index (κ1) is 18.0. The van der Waals surface area contributed by atoms with E-state index in [9.17, 15) is 0 Å². The third-order valence-corrected chi connectivity index (χ3v) is 5.56. The van der Waals surface area contributed by atoms with Crippen LogP contribution in [0.2, 0.25) is 0 Å². The normalized spacial score (nSPS) is 17.8. The van der Waals surface area contributed by atoms with Crippen LogP contribution in [-0.4, -0.2) is 31.4 Å². The number of nitrogens with zero attached hydrogens (tertiary/aromatic N) is 5. The van der Waals surface area contributed by atoms with Crippen LogP contribution in [0.5, 0.6) is 0 Å². The maximum absolute atomic E-state index is 4.84. The Morgan fingerprint density at radius 1 is 1.19 bits per heavy atom.